The van der Waals surface area contributed by atoms with Crippen LogP contribution in [-0.2, 0) is 4.74 Å². The fourth-order valence-corrected chi connectivity index (χ4v) is 1.57. The quantitative estimate of drug-likeness (QED) is 0.424. The second kappa shape index (κ2) is 4.33. The number of benzene rings is 1. The SMILES string of the molecule is COC(=O)c1cccc(C(C)=S)c1C. The van der Waals surface area contributed by atoms with Crippen LogP contribution in [0.2, 0.25) is 0 Å². The molecule has 14 heavy (non-hydrogen) atoms. The van der Waals surface area contributed by atoms with E-state index in [-0.39, 0.29) is 5.97 Å². The lowest BCUT2D eigenvalue weighted by Crippen LogP contribution is -2.07. The minimum absolute atomic E-state index is 0.319. The smallest absolute Gasteiger partial charge is 0.338 e. The van der Waals surface area contributed by atoms with E-state index < -0.39 is 0 Å². The average molecular weight is 208 g/mol. The summed E-state index contributed by atoms with van der Waals surface area (Å²) in [5.41, 5.74) is 2.39. The van der Waals surface area contributed by atoms with Gasteiger partial charge in [0.25, 0.3) is 0 Å². The van der Waals surface area contributed by atoms with Crippen LogP contribution in [0.3, 0.4) is 0 Å². The predicted octanol–water partition coefficient (Wildman–Crippen LogP) is 2.52. The first-order valence-electron chi connectivity index (χ1n) is 4.26. The van der Waals surface area contributed by atoms with Crippen molar-refractivity contribution in [2.45, 2.75) is 13.8 Å². The zero-order chi connectivity index (χ0) is 10.7. The van der Waals surface area contributed by atoms with Crippen LogP contribution >= 0.6 is 12.2 Å². The van der Waals surface area contributed by atoms with Crippen LogP contribution in [0, 0.1) is 6.92 Å². The van der Waals surface area contributed by atoms with Crippen LogP contribution < -0.4 is 0 Å². The van der Waals surface area contributed by atoms with Crippen LogP contribution in [0.15, 0.2) is 18.2 Å². The van der Waals surface area contributed by atoms with Crippen LogP contribution in [-0.4, -0.2) is 17.9 Å². The topological polar surface area (TPSA) is 26.3 Å². The first-order chi connectivity index (χ1) is 6.57. The van der Waals surface area contributed by atoms with Crippen molar-refractivity contribution in [3.8, 4) is 0 Å². The zero-order valence-electron chi connectivity index (χ0n) is 8.46. The molecule has 0 saturated carbocycles. The molecule has 1 aromatic carbocycles. The molecular weight excluding hydrogens is 196 g/mol. The van der Waals surface area contributed by atoms with E-state index in [1.807, 2.05) is 26.0 Å². The molecule has 0 saturated heterocycles. The Labute approximate surface area is 88.9 Å². The summed E-state index contributed by atoms with van der Waals surface area (Å²) in [7, 11) is 1.37. The monoisotopic (exact) mass is 208 g/mol. The van der Waals surface area contributed by atoms with Crippen molar-refractivity contribution in [3.63, 3.8) is 0 Å². The van der Waals surface area contributed by atoms with Gasteiger partial charge in [-0.05, 0) is 31.0 Å². The molecule has 0 aliphatic rings. The Kier molecular flexibility index (Phi) is 3.36. The number of thiocarbonyl (C=S) groups is 1. The highest BCUT2D eigenvalue weighted by Gasteiger charge is 2.11. The van der Waals surface area contributed by atoms with Crippen LogP contribution in [0.5, 0.6) is 0 Å². The van der Waals surface area contributed by atoms with E-state index in [0.29, 0.717) is 5.56 Å². The number of carbonyl (C=O) groups is 1. The molecule has 0 spiro atoms. The van der Waals surface area contributed by atoms with Crippen molar-refractivity contribution in [2.24, 2.45) is 0 Å². The number of ether oxygens (including phenoxy) is 1. The van der Waals surface area contributed by atoms with Crippen molar-refractivity contribution in [3.05, 3.63) is 34.9 Å². The molecule has 0 atom stereocenters. The van der Waals surface area contributed by atoms with Gasteiger partial charge in [0.1, 0.15) is 0 Å². The number of hydrogen-bond donors (Lipinski definition) is 0. The fourth-order valence-electron chi connectivity index (χ4n) is 1.35. The van der Waals surface area contributed by atoms with Gasteiger partial charge in [-0.15, -0.1) is 0 Å². The van der Waals surface area contributed by atoms with Gasteiger partial charge in [0.05, 0.1) is 12.7 Å². The lowest BCUT2D eigenvalue weighted by atomic mass is 10.0. The molecule has 0 N–H and O–H groups in total. The summed E-state index contributed by atoms with van der Waals surface area (Å²) >= 11 is 5.08. The Morgan fingerprint density at radius 2 is 1.93 bits per heavy atom. The molecule has 1 rings (SSSR count). The number of rotatable bonds is 2. The third-order valence-electron chi connectivity index (χ3n) is 2.12. The normalized spacial score (nSPS) is 9.64. The maximum atomic E-state index is 11.3. The predicted molar refractivity (Wildman–Crippen MR) is 59.9 cm³/mol. The van der Waals surface area contributed by atoms with Gasteiger partial charge >= 0.3 is 5.97 Å². The number of methoxy groups -OCH3 is 1. The standard InChI is InChI=1S/C11H12O2S/c1-7-9(8(2)14)5-4-6-10(7)11(12)13-3/h4-6H,1-3H3. The maximum Gasteiger partial charge on any atom is 0.338 e. The summed E-state index contributed by atoms with van der Waals surface area (Å²) in [5.74, 6) is -0.319. The molecule has 0 amide bonds. The molecule has 1 aromatic rings. The second-order valence-electron chi connectivity index (χ2n) is 3.03. The molecule has 0 aromatic heterocycles. The van der Waals surface area contributed by atoms with E-state index in [1.54, 1.807) is 6.07 Å². The fraction of sp³-hybridized carbons (Fsp3) is 0.273. The highest BCUT2D eigenvalue weighted by atomic mass is 32.1. The lowest BCUT2D eigenvalue weighted by Gasteiger charge is -2.08. The van der Waals surface area contributed by atoms with Crippen molar-refractivity contribution in [2.75, 3.05) is 7.11 Å². The summed E-state index contributed by atoms with van der Waals surface area (Å²) in [4.78, 5) is 12.1. The number of esters is 1. The molecule has 0 bridgehead atoms. The third kappa shape index (κ3) is 1.99. The summed E-state index contributed by atoms with van der Waals surface area (Å²) in [5, 5.41) is 0. The van der Waals surface area contributed by atoms with E-state index in [0.717, 1.165) is 16.0 Å². The first kappa shape index (κ1) is 10.9. The van der Waals surface area contributed by atoms with Crippen LogP contribution in [0.25, 0.3) is 0 Å². The number of hydrogen-bond acceptors (Lipinski definition) is 3. The molecule has 0 aliphatic carbocycles. The lowest BCUT2D eigenvalue weighted by molar-refractivity contribution is 0.0600. The van der Waals surface area contributed by atoms with Crippen molar-refractivity contribution in [1.82, 2.24) is 0 Å². The van der Waals surface area contributed by atoms with Crippen molar-refractivity contribution in [1.29, 1.82) is 0 Å². The van der Waals surface area contributed by atoms with E-state index in [1.165, 1.54) is 7.11 Å². The van der Waals surface area contributed by atoms with E-state index in [2.05, 4.69) is 4.74 Å². The summed E-state index contributed by atoms with van der Waals surface area (Å²) in [6, 6.07) is 5.46. The van der Waals surface area contributed by atoms with Gasteiger partial charge in [-0.25, -0.2) is 4.79 Å². The number of carbonyl (C=O) groups excluding carboxylic acids is 1. The minimum atomic E-state index is -0.319. The molecule has 0 radical (unpaired) electrons. The van der Waals surface area contributed by atoms with Gasteiger partial charge in [-0.2, -0.15) is 0 Å². The molecular formula is C11H12O2S. The molecule has 2 nitrogen and oxygen atoms in total. The Morgan fingerprint density at radius 3 is 2.43 bits per heavy atom. The summed E-state index contributed by atoms with van der Waals surface area (Å²) in [6.45, 7) is 3.72. The first-order valence-corrected chi connectivity index (χ1v) is 4.67. The highest BCUT2D eigenvalue weighted by Crippen LogP contribution is 2.15. The molecule has 0 fully saturated rings. The third-order valence-corrected chi connectivity index (χ3v) is 2.34. The Hall–Kier alpha value is -1.22. The summed E-state index contributed by atoms with van der Waals surface area (Å²) in [6.07, 6.45) is 0. The van der Waals surface area contributed by atoms with Gasteiger partial charge in [0.15, 0.2) is 0 Å². The van der Waals surface area contributed by atoms with Gasteiger partial charge in [-0.3, -0.25) is 0 Å². The summed E-state index contributed by atoms with van der Waals surface area (Å²) < 4.78 is 4.67. The Bertz CT molecular complexity index is 383. The Morgan fingerprint density at radius 1 is 1.36 bits per heavy atom. The van der Waals surface area contributed by atoms with E-state index in [9.17, 15) is 4.79 Å². The van der Waals surface area contributed by atoms with E-state index in [4.69, 9.17) is 12.2 Å². The van der Waals surface area contributed by atoms with Crippen LogP contribution in [0.1, 0.15) is 28.4 Å². The average Bonchev–Trinajstić information content (AvgIpc) is 2.16. The van der Waals surface area contributed by atoms with Gasteiger partial charge in [0, 0.05) is 4.86 Å². The second-order valence-corrected chi connectivity index (χ2v) is 3.64. The van der Waals surface area contributed by atoms with E-state index >= 15 is 0 Å². The molecule has 0 unspecified atom stereocenters. The molecule has 74 valence electrons. The van der Waals surface area contributed by atoms with Crippen LogP contribution in [0.4, 0.5) is 0 Å². The van der Waals surface area contributed by atoms with Gasteiger partial charge in [0.2, 0.25) is 0 Å². The maximum absolute atomic E-state index is 11.3. The highest BCUT2D eigenvalue weighted by molar-refractivity contribution is 7.80. The van der Waals surface area contributed by atoms with Crippen molar-refractivity contribution >= 4 is 23.1 Å². The van der Waals surface area contributed by atoms with Crippen molar-refractivity contribution < 1.29 is 9.53 Å². The van der Waals surface area contributed by atoms with Gasteiger partial charge < -0.3 is 4.74 Å². The Balaban J connectivity index is 3.27. The van der Waals surface area contributed by atoms with Gasteiger partial charge in [-0.1, -0.05) is 24.4 Å². The molecule has 0 aliphatic heterocycles. The zero-order valence-corrected chi connectivity index (χ0v) is 9.27. The molecule has 0 heterocycles. The minimum Gasteiger partial charge on any atom is -0.465 e. The molecule has 3 heteroatoms. The largest absolute Gasteiger partial charge is 0.465 e.